The average Bonchev–Trinajstić information content (AvgIpc) is 1.62. The molecule has 39 heteroatoms. The topological polar surface area (TPSA) is 399 Å². The summed E-state index contributed by atoms with van der Waals surface area (Å²) in [5.74, 6) is 3.02. The normalized spacial score (nSPS) is 18.3. The highest BCUT2D eigenvalue weighted by Crippen LogP contribution is 2.42. The number of likely N-dealkylation sites (tertiary alicyclic amines) is 4. The Morgan fingerprint density at radius 2 is 0.753 bits per heavy atom. The molecule has 146 heavy (non-hydrogen) atoms. The van der Waals surface area contributed by atoms with Crippen molar-refractivity contribution in [3.05, 3.63) is 246 Å². The number of anilines is 3. The molecule has 0 spiro atoms. The molecule has 3 atom stereocenters. The van der Waals surface area contributed by atoms with E-state index in [0.717, 1.165) is 123 Å². The molecule has 21 rings (SSSR count). The van der Waals surface area contributed by atoms with E-state index in [4.69, 9.17) is 33.2 Å². The Morgan fingerprint density at radius 3 is 1.11 bits per heavy atom. The van der Waals surface area contributed by atoms with Gasteiger partial charge < -0.3 is 63.8 Å². The quantitative estimate of drug-likeness (QED) is 0.0213. The SMILES string of the molecule is COCCOc1ccc(-c2n[nH]c3ccc(NC(=O)[C@]4(OC)CCN(CC(=O)N5CC=C(c6ccc(-c7ncccn7)s6)CC5)C4)cc23)cc1.COCCOc1ccc(-c2n[nH]c3ccc(NC(=O)[C@]4(OC)CCN(CC(=O)N5CCC(c6ncc(-c7ncccn7)s6)CC5)C4)cc23)cc1.CO[C@@]1(C(=O)Nc2ccc3[nH]nc(-c4ccc(F)cc4)c3c2)CCN(CC(=O)N2CC=C(c3ccc(-c4ncccn4)s3)CC2)C1. The van der Waals surface area contributed by atoms with Crippen LogP contribution >= 0.6 is 34.0 Å². The molecule has 0 aliphatic carbocycles. The summed E-state index contributed by atoms with van der Waals surface area (Å²) in [5, 5.41) is 35.4. The number of fused-ring (bicyclic) bond motifs is 3. The van der Waals surface area contributed by atoms with Crippen molar-refractivity contribution in [1.82, 2.24) is 94.9 Å². The predicted octanol–water partition coefficient (Wildman–Crippen LogP) is 15.0. The summed E-state index contributed by atoms with van der Waals surface area (Å²) in [6.07, 6.45) is 21.2. The number of carbonyl (C=O) groups is 6. The van der Waals surface area contributed by atoms with Gasteiger partial charge in [-0.15, -0.1) is 34.0 Å². The number of thiophene rings is 2. The van der Waals surface area contributed by atoms with Crippen LogP contribution in [0.3, 0.4) is 0 Å². The Hall–Kier alpha value is -14.5. The molecule has 6 aromatic carbocycles. The molecule has 0 bridgehead atoms. The average molecular weight is 2030 g/mol. The number of amides is 6. The van der Waals surface area contributed by atoms with Crippen molar-refractivity contribution in [1.29, 1.82) is 0 Å². The largest absolute Gasteiger partial charge is 0.491 e. The lowest BCUT2D eigenvalue weighted by Crippen LogP contribution is -2.48. The van der Waals surface area contributed by atoms with Gasteiger partial charge in [0.1, 0.15) is 30.5 Å². The Bertz CT molecular complexity index is 7190. The van der Waals surface area contributed by atoms with Gasteiger partial charge in [0.2, 0.25) is 17.7 Å². The van der Waals surface area contributed by atoms with Crippen LogP contribution in [0, 0.1) is 5.82 Å². The maximum atomic E-state index is 13.7. The highest BCUT2D eigenvalue weighted by molar-refractivity contribution is 7.17. The van der Waals surface area contributed by atoms with Gasteiger partial charge in [-0.1, -0.05) is 12.2 Å². The third-order valence-electron chi connectivity index (χ3n) is 27.4. The van der Waals surface area contributed by atoms with Crippen molar-refractivity contribution in [3.63, 3.8) is 0 Å². The maximum absolute atomic E-state index is 13.7. The number of H-pyrrole nitrogens is 3. The lowest BCUT2D eigenvalue weighted by molar-refractivity contribution is -0.138. The van der Waals surface area contributed by atoms with E-state index < -0.39 is 16.8 Å². The molecule has 6 aliphatic heterocycles. The number of piperidine rings is 1. The van der Waals surface area contributed by atoms with Crippen LogP contribution in [-0.2, 0) is 52.5 Å². The number of aromatic amines is 3. The monoisotopic (exact) mass is 2030 g/mol. The van der Waals surface area contributed by atoms with Crippen LogP contribution in [0.5, 0.6) is 11.5 Å². The molecule has 0 radical (unpaired) electrons. The minimum atomic E-state index is -1.08. The summed E-state index contributed by atoms with van der Waals surface area (Å²) in [7, 11) is 7.93. The predicted molar refractivity (Wildman–Crippen MR) is 558 cm³/mol. The number of hydrogen-bond acceptors (Lipinski definition) is 29. The molecule has 752 valence electrons. The number of benzene rings is 6. The van der Waals surface area contributed by atoms with Crippen LogP contribution in [0.1, 0.15) is 65.6 Å². The molecular formula is C107H111FN22O13S3. The third-order valence-corrected chi connectivity index (χ3v) is 30.9. The zero-order valence-corrected chi connectivity index (χ0v) is 83.8. The van der Waals surface area contributed by atoms with Crippen LogP contribution in [0.4, 0.5) is 21.5 Å². The molecule has 15 heterocycles. The van der Waals surface area contributed by atoms with Gasteiger partial charge in [0.05, 0.1) is 86.1 Å². The molecule has 4 fully saturated rings. The first-order valence-electron chi connectivity index (χ1n) is 48.4. The van der Waals surface area contributed by atoms with Crippen LogP contribution in [0.25, 0.3) is 110 Å². The lowest BCUT2D eigenvalue weighted by Gasteiger charge is -2.32. The number of hydrogen-bond donors (Lipinski definition) is 6. The van der Waals surface area contributed by atoms with Gasteiger partial charge >= 0.3 is 0 Å². The van der Waals surface area contributed by atoms with Gasteiger partial charge in [0, 0.05) is 223 Å². The maximum Gasteiger partial charge on any atom is 0.258 e. The van der Waals surface area contributed by atoms with Gasteiger partial charge in [0.15, 0.2) is 34.3 Å². The minimum absolute atomic E-state index is 0.0332. The number of rotatable bonds is 32. The highest BCUT2D eigenvalue weighted by Gasteiger charge is 2.49. The Balaban J connectivity index is 0.000000138. The van der Waals surface area contributed by atoms with E-state index >= 15 is 0 Å². The number of halogens is 1. The first-order valence-corrected chi connectivity index (χ1v) is 50.9. The highest BCUT2D eigenvalue weighted by atomic mass is 32.1. The van der Waals surface area contributed by atoms with E-state index in [0.29, 0.717) is 165 Å². The molecule has 6 N–H and O–H groups in total. The lowest BCUT2D eigenvalue weighted by atomic mass is 9.97. The molecule has 6 aliphatic rings. The molecule has 9 aromatic heterocycles. The van der Waals surface area contributed by atoms with Gasteiger partial charge in [-0.3, -0.25) is 58.8 Å². The molecule has 6 amide bonds. The number of methoxy groups -OCH3 is 5. The molecule has 35 nitrogen and oxygen atoms in total. The molecular weight excluding hydrogens is 1920 g/mol. The standard InChI is InChI=1S/C37H39N7O5S.C36H40N8O5S.C34H32FN7O3S/c1-47-20-21-49-28-7-4-26(5-8-28)34-29-22-27(6-9-30(29)41-42-34)40-36(46)37(48-2)14-19-43(24-37)23-33(45)44-17-12-25(13-18-44)31-10-11-32(50-31)35-38-15-3-16-39-35;1-47-18-19-49-27-7-4-24(5-8-27)32-28-20-26(6-9-29(28)41-42-32)40-35(46)36(48-2)12-17-43(23-36)22-31(45)44-15-10-25(11-16-44)34-39-21-30(50-34)33-37-13-3-14-38-33;1-45-34(33(44)38-25-7-8-27-26(19-25)31(40-39-27)23-3-5-24(35)6-4-23)13-18-41(21-34)20-30(43)42-16-11-22(12-17-42)28-9-10-29(46-28)32-36-14-2-15-37-32/h3-12,15-16,22H,13-14,17-21,23-24H2,1-2H3,(H,40,46)(H,41,42);3-9,13-14,20-21,25H,10-12,15-19,22-23H2,1-2H3,(H,40,46)(H,41,42);2-11,14-15,19H,12-13,16-18,20-21H2,1H3,(H,38,44)(H,39,40)/t37-;36-;34-/m000/s1. The third kappa shape index (κ3) is 23.1. The molecule has 0 saturated carbocycles. The molecule has 0 unspecified atom stereocenters. The van der Waals surface area contributed by atoms with Crippen molar-refractivity contribution in [2.24, 2.45) is 0 Å². The van der Waals surface area contributed by atoms with Crippen LogP contribution in [-0.4, -0.2) is 307 Å². The number of nitrogens with zero attached hydrogens (tertiary/aromatic N) is 16. The fourth-order valence-electron chi connectivity index (χ4n) is 19.1. The van der Waals surface area contributed by atoms with Crippen LogP contribution in [0.2, 0.25) is 0 Å². The van der Waals surface area contributed by atoms with E-state index in [2.05, 4.69) is 106 Å². The van der Waals surface area contributed by atoms with E-state index in [1.54, 1.807) is 130 Å². The summed E-state index contributed by atoms with van der Waals surface area (Å²) in [6, 6.07) is 52.1. The summed E-state index contributed by atoms with van der Waals surface area (Å²) >= 11 is 4.95. The van der Waals surface area contributed by atoms with Crippen molar-refractivity contribution >= 4 is 130 Å². The van der Waals surface area contributed by atoms with Gasteiger partial charge in [0.25, 0.3) is 17.7 Å². The van der Waals surface area contributed by atoms with E-state index in [9.17, 15) is 33.2 Å². The zero-order chi connectivity index (χ0) is 101. The van der Waals surface area contributed by atoms with Crippen molar-refractivity contribution < 1.29 is 66.3 Å². The van der Waals surface area contributed by atoms with Crippen LogP contribution in [0.15, 0.2) is 225 Å². The number of ether oxygens (including phenoxy) is 7. The van der Waals surface area contributed by atoms with Gasteiger partial charge in [-0.25, -0.2) is 39.3 Å². The fourth-order valence-corrected chi connectivity index (χ4v) is 22.2. The smallest absolute Gasteiger partial charge is 0.258 e. The molecule has 4 saturated heterocycles. The number of thiazole rings is 1. The summed E-state index contributed by atoms with van der Waals surface area (Å²) in [6.45, 7) is 9.12. The summed E-state index contributed by atoms with van der Waals surface area (Å²) in [4.78, 5) is 129. The van der Waals surface area contributed by atoms with Crippen molar-refractivity contribution in [2.45, 2.75) is 67.7 Å². The van der Waals surface area contributed by atoms with Crippen molar-refractivity contribution in [2.75, 3.05) is 176 Å². The minimum Gasteiger partial charge on any atom is -0.491 e. The van der Waals surface area contributed by atoms with Gasteiger partial charge in [-0.05, 0) is 226 Å². The summed E-state index contributed by atoms with van der Waals surface area (Å²) in [5.41, 5.74) is 8.44. The zero-order valence-electron chi connectivity index (χ0n) is 81.4. The number of aromatic nitrogens is 13. The number of nitrogens with one attached hydrogen (secondary N) is 6. The second kappa shape index (κ2) is 45.8. The second-order valence-electron chi connectivity index (χ2n) is 36.5. The number of carbonyl (C=O) groups excluding carboxylic acids is 6. The van der Waals surface area contributed by atoms with E-state index in [1.807, 2.05) is 151 Å². The Labute approximate surface area is 853 Å². The Morgan fingerprint density at radius 1 is 0.397 bits per heavy atom. The van der Waals surface area contributed by atoms with Crippen molar-refractivity contribution in [3.8, 4) is 77.4 Å². The fraction of sp³-hybridized carbons (Fsp3) is 0.327. The van der Waals surface area contributed by atoms with E-state index in [-0.39, 0.29) is 60.9 Å². The molecule has 15 aromatic rings. The van der Waals surface area contributed by atoms with Gasteiger partial charge in [-0.2, -0.15) is 15.3 Å². The Kier molecular flexibility index (Phi) is 31.5. The first-order chi connectivity index (χ1) is 71.3. The van der Waals surface area contributed by atoms with Crippen LogP contribution < -0.4 is 25.4 Å². The first kappa shape index (κ1) is 100. The second-order valence-corrected chi connectivity index (χ2v) is 39.7. The summed E-state index contributed by atoms with van der Waals surface area (Å²) < 4.78 is 52.5. The van der Waals surface area contributed by atoms with E-state index in [1.165, 1.54) is 40.1 Å².